The Morgan fingerprint density at radius 1 is 1.22 bits per heavy atom. The van der Waals surface area contributed by atoms with Crippen molar-refractivity contribution in [1.29, 1.82) is 0 Å². The Balaban J connectivity index is 1.38. The van der Waals surface area contributed by atoms with E-state index in [0.29, 0.717) is 30.8 Å². The quantitative estimate of drug-likeness (QED) is 0.501. The first-order valence-corrected chi connectivity index (χ1v) is 12.9. The summed E-state index contributed by atoms with van der Waals surface area (Å²) in [6.45, 7) is 6.22. The van der Waals surface area contributed by atoms with Crippen molar-refractivity contribution in [1.82, 2.24) is 14.9 Å². The second-order valence-electron chi connectivity index (χ2n) is 10.7. The third kappa shape index (κ3) is 4.48. The zero-order valence-electron chi connectivity index (χ0n) is 20.3. The third-order valence-electron chi connectivity index (χ3n) is 6.79. The first-order valence-electron chi connectivity index (χ1n) is 11.9. The number of aliphatic hydroxyl groups is 1. The number of ether oxygens (including phenoxy) is 2. The molecule has 4 aliphatic rings. The normalized spacial score (nSPS) is 25.3. The van der Waals surface area contributed by atoms with E-state index in [1.807, 2.05) is 4.90 Å². The molecule has 7 rings (SSSR count). The molecule has 3 aromatic rings. The van der Waals surface area contributed by atoms with Crippen LogP contribution in [0.2, 0.25) is 0 Å². The van der Waals surface area contributed by atoms with Crippen LogP contribution in [0.1, 0.15) is 45.1 Å². The maximum absolute atomic E-state index is 13.4. The third-order valence-corrected chi connectivity index (χ3v) is 7.37. The van der Waals surface area contributed by atoms with E-state index in [4.69, 9.17) is 9.15 Å². The molecule has 1 aromatic carbocycles. The van der Waals surface area contributed by atoms with Gasteiger partial charge in [0.2, 0.25) is 0 Å². The number of piperidine rings is 1. The van der Waals surface area contributed by atoms with Crippen LogP contribution >= 0.6 is 11.3 Å². The minimum atomic E-state index is -4.95. The number of aliphatic hydroxyl groups excluding tert-OH is 1. The summed E-state index contributed by atoms with van der Waals surface area (Å²) < 4.78 is 56.4. The number of aromatic nitrogens is 2. The number of nitrogens with zero attached hydrogens (tertiary/aromatic N) is 4. The van der Waals surface area contributed by atoms with Gasteiger partial charge in [0, 0.05) is 35.5 Å². The molecule has 0 spiro atoms. The number of fused-ring (bicyclic) bond motifs is 3. The summed E-state index contributed by atoms with van der Waals surface area (Å²) in [4.78, 5) is 24.9. The number of rotatable bonds is 4. The van der Waals surface area contributed by atoms with Gasteiger partial charge in [-0.2, -0.15) is 4.98 Å². The van der Waals surface area contributed by atoms with Crippen molar-refractivity contribution >= 4 is 34.5 Å². The zero-order chi connectivity index (χ0) is 26.3. The lowest BCUT2D eigenvalue weighted by Gasteiger charge is -2.55. The number of hydrogen-bond acceptors (Lipinski definition) is 9. The summed E-state index contributed by atoms with van der Waals surface area (Å²) >= 11 is 1.34. The van der Waals surface area contributed by atoms with Crippen LogP contribution in [0.4, 0.5) is 24.0 Å². The Morgan fingerprint density at radius 2 is 1.92 bits per heavy atom. The van der Waals surface area contributed by atoms with Gasteiger partial charge in [0.25, 0.3) is 6.01 Å². The average Bonchev–Trinajstić information content (AvgIpc) is 3.18. The first-order chi connectivity index (χ1) is 17.4. The highest BCUT2D eigenvalue weighted by molar-refractivity contribution is 7.07. The maximum Gasteiger partial charge on any atom is 0.573 e. The molecule has 2 bridgehead atoms. The molecule has 198 valence electrons. The zero-order valence-corrected chi connectivity index (χ0v) is 21.1. The number of alkyl halides is 3. The highest BCUT2D eigenvalue weighted by atomic mass is 32.1. The van der Waals surface area contributed by atoms with Crippen molar-refractivity contribution in [3.8, 4) is 17.0 Å². The van der Waals surface area contributed by atoms with Crippen LogP contribution in [-0.2, 0) is 4.74 Å². The standard InChI is InChI=1S/C24H25F3N4O5S/c1-23(2,3)36-22(33)31-11-4-12(31)8-30(7-11)21-29-18-19(34-21)15(16-9-37-10-28-16)5-14(13-6-17(13)32)20(18)35-24(25,26)27/h5,9-13,17,32H,4,6-8H2,1-3H3. The predicted octanol–water partition coefficient (Wildman–Crippen LogP) is 4.90. The summed E-state index contributed by atoms with van der Waals surface area (Å²) in [5, 5.41) is 11.8. The van der Waals surface area contributed by atoms with Crippen LogP contribution in [0.5, 0.6) is 5.75 Å². The van der Waals surface area contributed by atoms with Gasteiger partial charge in [-0.25, -0.2) is 9.78 Å². The van der Waals surface area contributed by atoms with E-state index in [-0.39, 0.29) is 40.9 Å². The molecular weight excluding hydrogens is 513 g/mol. The van der Waals surface area contributed by atoms with E-state index in [2.05, 4.69) is 14.7 Å². The Morgan fingerprint density at radius 3 is 2.49 bits per heavy atom. The summed E-state index contributed by atoms with van der Waals surface area (Å²) in [6, 6.07) is 1.45. The molecule has 0 radical (unpaired) electrons. The minimum Gasteiger partial charge on any atom is -0.444 e. The highest BCUT2D eigenvalue weighted by Gasteiger charge is 2.50. The molecule has 4 fully saturated rings. The van der Waals surface area contributed by atoms with Gasteiger partial charge in [0.1, 0.15) is 5.60 Å². The van der Waals surface area contributed by atoms with Gasteiger partial charge < -0.3 is 23.9 Å². The average molecular weight is 539 g/mol. The molecule has 1 N–H and O–H groups in total. The van der Waals surface area contributed by atoms with Gasteiger partial charge >= 0.3 is 12.5 Å². The first kappa shape index (κ1) is 24.3. The molecule has 3 aliphatic heterocycles. The van der Waals surface area contributed by atoms with Crippen molar-refractivity contribution < 1.29 is 37.0 Å². The number of piperazine rings is 1. The minimum absolute atomic E-state index is 0.0739. The van der Waals surface area contributed by atoms with Crippen LogP contribution in [0.3, 0.4) is 0 Å². The number of halogens is 3. The van der Waals surface area contributed by atoms with E-state index >= 15 is 0 Å². The SMILES string of the molecule is CC(C)(C)OC(=O)N1C2CC1CN(c1nc3c(OC(F)(F)F)c(C4CC4O)cc(-c4cscn4)c3o1)C2. The number of thiazole rings is 1. The summed E-state index contributed by atoms with van der Waals surface area (Å²) in [5.41, 5.74) is 2.29. The molecule has 1 saturated carbocycles. The second-order valence-corrected chi connectivity index (χ2v) is 11.4. The highest BCUT2D eigenvalue weighted by Crippen LogP contribution is 2.51. The number of oxazole rings is 1. The summed E-state index contributed by atoms with van der Waals surface area (Å²) in [5.74, 6) is -0.958. The number of carbonyl (C=O) groups excluding carboxylic acids is 1. The smallest absolute Gasteiger partial charge is 0.444 e. The Bertz CT molecular complexity index is 1340. The fraction of sp³-hybridized carbons (Fsp3) is 0.542. The largest absolute Gasteiger partial charge is 0.573 e. The van der Waals surface area contributed by atoms with Gasteiger partial charge in [0.15, 0.2) is 16.8 Å². The molecule has 1 amide bonds. The van der Waals surface area contributed by atoms with Crippen molar-refractivity contribution in [3.63, 3.8) is 0 Å². The van der Waals surface area contributed by atoms with Crippen LogP contribution in [0.25, 0.3) is 22.4 Å². The maximum atomic E-state index is 13.4. The molecule has 3 saturated heterocycles. The van der Waals surface area contributed by atoms with E-state index in [9.17, 15) is 23.1 Å². The lowest BCUT2D eigenvalue weighted by atomic mass is 9.88. The fourth-order valence-electron chi connectivity index (χ4n) is 5.13. The molecule has 4 atom stereocenters. The van der Waals surface area contributed by atoms with Crippen molar-refractivity contribution in [2.75, 3.05) is 18.0 Å². The number of benzene rings is 1. The molecule has 9 nitrogen and oxygen atoms in total. The number of anilines is 1. The van der Waals surface area contributed by atoms with Crippen molar-refractivity contribution in [2.45, 2.75) is 69.7 Å². The van der Waals surface area contributed by atoms with E-state index in [1.54, 1.807) is 42.6 Å². The van der Waals surface area contributed by atoms with Crippen molar-refractivity contribution in [3.05, 3.63) is 22.5 Å². The lowest BCUT2D eigenvalue weighted by Crippen LogP contribution is -2.70. The molecule has 4 unspecified atom stereocenters. The van der Waals surface area contributed by atoms with E-state index in [1.165, 1.54) is 11.3 Å². The van der Waals surface area contributed by atoms with Gasteiger partial charge in [-0.15, -0.1) is 24.5 Å². The van der Waals surface area contributed by atoms with E-state index in [0.717, 1.165) is 6.42 Å². The second kappa shape index (κ2) is 8.22. The van der Waals surface area contributed by atoms with Crippen molar-refractivity contribution in [2.24, 2.45) is 0 Å². The predicted molar refractivity (Wildman–Crippen MR) is 128 cm³/mol. The Kier molecular flexibility index (Phi) is 5.40. The number of amides is 1. The van der Waals surface area contributed by atoms with Gasteiger partial charge in [-0.1, -0.05) is 0 Å². The van der Waals surface area contributed by atoms with Gasteiger partial charge in [-0.05, 0) is 39.7 Å². The molecule has 5 heterocycles. The van der Waals surface area contributed by atoms with Crippen LogP contribution < -0.4 is 9.64 Å². The monoisotopic (exact) mass is 538 g/mol. The molecular formula is C24H25F3N4O5S. The van der Waals surface area contributed by atoms with Gasteiger partial charge in [0.05, 0.1) is 29.4 Å². The van der Waals surface area contributed by atoms with Crippen LogP contribution in [-0.4, -0.2) is 69.3 Å². The molecule has 37 heavy (non-hydrogen) atoms. The number of carbonyl (C=O) groups is 1. The Labute approximate surface area is 213 Å². The van der Waals surface area contributed by atoms with Crippen LogP contribution in [0.15, 0.2) is 21.4 Å². The number of hydrogen-bond donors (Lipinski definition) is 1. The van der Waals surface area contributed by atoms with Crippen LogP contribution in [0, 0.1) is 0 Å². The molecule has 2 aromatic heterocycles. The van der Waals surface area contributed by atoms with Gasteiger partial charge in [-0.3, -0.25) is 4.90 Å². The van der Waals surface area contributed by atoms with E-state index < -0.39 is 29.7 Å². The Hall–Kier alpha value is -3.06. The molecule has 1 aliphatic carbocycles. The summed E-state index contributed by atoms with van der Waals surface area (Å²) in [7, 11) is 0. The summed E-state index contributed by atoms with van der Waals surface area (Å²) in [6.07, 6.45) is -4.96. The lowest BCUT2D eigenvalue weighted by molar-refractivity contribution is -0.274. The topological polar surface area (TPSA) is 101 Å². The molecule has 13 heteroatoms. The fourth-order valence-corrected chi connectivity index (χ4v) is 5.68.